The second-order valence-corrected chi connectivity index (χ2v) is 7.35. The fraction of sp³-hybridized carbons (Fsp3) is 0.550. The maximum atomic E-state index is 14.7. The maximum absolute atomic E-state index is 14.7. The third-order valence-electron chi connectivity index (χ3n) is 5.87. The lowest BCUT2D eigenvalue weighted by Gasteiger charge is -2.44. The molecule has 2 fully saturated rings. The first-order valence-electron chi connectivity index (χ1n) is 9.46. The number of imidazole rings is 1. The molecule has 0 N–H and O–H groups in total. The van der Waals surface area contributed by atoms with Crippen molar-refractivity contribution in [2.75, 3.05) is 20.2 Å². The van der Waals surface area contributed by atoms with E-state index in [1.807, 2.05) is 10.8 Å². The van der Waals surface area contributed by atoms with Crippen LogP contribution in [0.25, 0.3) is 11.4 Å². The molecule has 0 spiro atoms. The van der Waals surface area contributed by atoms with Crippen molar-refractivity contribution < 1.29 is 13.5 Å². The highest BCUT2D eigenvalue weighted by Crippen LogP contribution is 2.34. The van der Waals surface area contributed by atoms with Crippen LogP contribution in [0.5, 0.6) is 5.75 Å². The van der Waals surface area contributed by atoms with Gasteiger partial charge < -0.3 is 14.2 Å². The summed E-state index contributed by atoms with van der Waals surface area (Å²) in [4.78, 5) is 6.97. The highest BCUT2D eigenvalue weighted by atomic mass is 19.1. The van der Waals surface area contributed by atoms with E-state index in [0.717, 1.165) is 6.54 Å². The molecule has 2 saturated heterocycles. The van der Waals surface area contributed by atoms with Crippen molar-refractivity contribution in [3.8, 4) is 17.1 Å². The lowest BCUT2D eigenvalue weighted by Crippen LogP contribution is -2.49. The number of halogens is 2. The monoisotopic (exact) mass is 361 g/mol. The lowest BCUT2D eigenvalue weighted by molar-refractivity contribution is 0.0521. The standard InChI is InChI=1S/C20H25F2N3O/c1-26-19-16(21)8-7-15(18(19)22)20-23-9-12-25(20)13-14-5-4-11-24-10-3-2-6-17(14)24/h7-9,12,14,17H,2-6,10-11,13H2,1H3/t14-,17+/m0/s1. The van der Waals surface area contributed by atoms with Gasteiger partial charge >= 0.3 is 0 Å². The summed E-state index contributed by atoms with van der Waals surface area (Å²) in [6.45, 7) is 3.21. The zero-order valence-corrected chi connectivity index (χ0v) is 15.1. The Kier molecular flexibility index (Phi) is 4.94. The number of methoxy groups -OCH3 is 1. The number of nitrogens with zero attached hydrogens (tertiary/aromatic N) is 3. The van der Waals surface area contributed by atoms with E-state index < -0.39 is 11.6 Å². The Hall–Kier alpha value is -1.95. The molecule has 1 aromatic carbocycles. The van der Waals surface area contributed by atoms with Crippen LogP contribution in [0.15, 0.2) is 24.5 Å². The van der Waals surface area contributed by atoms with E-state index in [1.54, 1.807) is 6.20 Å². The van der Waals surface area contributed by atoms with Gasteiger partial charge in [-0.2, -0.15) is 0 Å². The molecule has 0 bridgehead atoms. The molecule has 0 saturated carbocycles. The summed E-state index contributed by atoms with van der Waals surface area (Å²) in [7, 11) is 1.28. The van der Waals surface area contributed by atoms with Crippen LogP contribution in [0.1, 0.15) is 32.1 Å². The number of ether oxygens (including phenoxy) is 1. The second-order valence-electron chi connectivity index (χ2n) is 7.35. The predicted molar refractivity (Wildman–Crippen MR) is 96.1 cm³/mol. The molecule has 2 atom stereocenters. The number of aromatic nitrogens is 2. The van der Waals surface area contributed by atoms with Crippen molar-refractivity contribution in [2.24, 2.45) is 5.92 Å². The minimum Gasteiger partial charge on any atom is -0.491 e. The van der Waals surface area contributed by atoms with Gasteiger partial charge in [0.25, 0.3) is 0 Å². The Morgan fingerprint density at radius 1 is 1.15 bits per heavy atom. The van der Waals surface area contributed by atoms with Crippen molar-refractivity contribution in [3.63, 3.8) is 0 Å². The first-order valence-corrected chi connectivity index (χ1v) is 9.46. The van der Waals surface area contributed by atoms with Crippen LogP contribution in [0.2, 0.25) is 0 Å². The van der Waals surface area contributed by atoms with Gasteiger partial charge in [0, 0.05) is 25.0 Å². The van der Waals surface area contributed by atoms with Crippen LogP contribution in [-0.2, 0) is 6.54 Å². The average Bonchev–Trinajstić information content (AvgIpc) is 3.10. The summed E-state index contributed by atoms with van der Waals surface area (Å²) in [6, 6.07) is 3.29. The molecule has 3 heterocycles. The molecule has 0 radical (unpaired) electrons. The molecule has 26 heavy (non-hydrogen) atoms. The van der Waals surface area contributed by atoms with Gasteiger partial charge in [-0.25, -0.2) is 13.8 Å². The number of fused-ring (bicyclic) bond motifs is 1. The van der Waals surface area contributed by atoms with E-state index in [0.29, 0.717) is 17.8 Å². The van der Waals surface area contributed by atoms with Gasteiger partial charge in [-0.15, -0.1) is 0 Å². The second kappa shape index (κ2) is 7.35. The fourth-order valence-corrected chi connectivity index (χ4v) is 4.64. The predicted octanol–water partition coefficient (Wildman–Crippen LogP) is 4.10. The van der Waals surface area contributed by atoms with Crippen LogP contribution >= 0.6 is 0 Å². The van der Waals surface area contributed by atoms with Gasteiger partial charge in [-0.05, 0) is 56.8 Å². The summed E-state index contributed by atoms with van der Waals surface area (Å²) in [5.41, 5.74) is 0.282. The van der Waals surface area contributed by atoms with E-state index in [4.69, 9.17) is 4.74 Å². The smallest absolute Gasteiger partial charge is 0.191 e. The summed E-state index contributed by atoms with van der Waals surface area (Å²) in [5.74, 6) is -0.663. The van der Waals surface area contributed by atoms with Crippen LogP contribution in [0.4, 0.5) is 8.78 Å². The third-order valence-corrected chi connectivity index (χ3v) is 5.87. The maximum Gasteiger partial charge on any atom is 0.191 e. The van der Waals surface area contributed by atoms with Crippen molar-refractivity contribution in [3.05, 3.63) is 36.2 Å². The van der Waals surface area contributed by atoms with Crippen LogP contribution in [0, 0.1) is 17.6 Å². The summed E-state index contributed by atoms with van der Waals surface area (Å²) in [6.07, 6.45) is 9.81. The topological polar surface area (TPSA) is 30.3 Å². The van der Waals surface area contributed by atoms with E-state index in [2.05, 4.69) is 9.88 Å². The number of rotatable bonds is 4. The quantitative estimate of drug-likeness (QED) is 0.821. The summed E-state index contributed by atoms with van der Waals surface area (Å²) in [5, 5.41) is 0. The molecule has 0 unspecified atom stereocenters. The summed E-state index contributed by atoms with van der Waals surface area (Å²) < 4.78 is 35.3. The van der Waals surface area contributed by atoms with Gasteiger partial charge in [-0.1, -0.05) is 6.42 Å². The number of benzene rings is 1. The average molecular weight is 361 g/mol. The van der Waals surface area contributed by atoms with E-state index in [-0.39, 0.29) is 11.3 Å². The Balaban J connectivity index is 1.62. The van der Waals surface area contributed by atoms with Crippen molar-refractivity contribution in [1.82, 2.24) is 14.5 Å². The Morgan fingerprint density at radius 2 is 2.00 bits per heavy atom. The largest absolute Gasteiger partial charge is 0.491 e. The van der Waals surface area contributed by atoms with Gasteiger partial charge in [0.1, 0.15) is 5.82 Å². The molecule has 4 nitrogen and oxygen atoms in total. The molecule has 0 aliphatic carbocycles. The van der Waals surface area contributed by atoms with Crippen LogP contribution in [-0.4, -0.2) is 40.7 Å². The van der Waals surface area contributed by atoms with Crippen molar-refractivity contribution >= 4 is 0 Å². The fourth-order valence-electron chi connectivity index (χ4n) is 4.64. The molecule has 140 valence electrons. The molecule has 4 rings (SSSR count). The number of hydrogen-bond donors (Lipinski definition) is 0. The van der Waals surface area contributed by atoms with Gasteiger partial charge in [0.05, 0.1) is 12.7 Å². The zero-order valence-electron chi connectivity index (χ0n) is 15.1. The van der Waals surface area contributed by atoms with Crippen LogP contribution in [0.3, 0.4) is 0 Å². The molecule has 0 amide bonds. The number of piperidine rings is 2. The SMILES string of the molecule is COc1c(F)ccc(-c2nccn2C[C@@H]2CCCN3CCCC[C@H]23)c1F. The molecule has 6 heteroatoms. The Labute approximate surface area is 152 Å². The minimum absolute atomic E-state index is 0.282. The van der Waals surface area contributed by atoms with Crippen molar-refractivity contribution in [1.29, 1.82) is 0 Å². The highest BCUT2D eigenvalue weighted by Gasteiger charge is 2.33. The molecular weight excluding hydrogens is 336 g/mol. The van der Waals surface area contributed by atoms with E-state index >= 15 is 0 Å². The highest BCUT2D eigenvalue weighted by molar-refractivity contribution is 5.59. The first kappa shape index (κ1) is 17.5. The minimum atomic E-state index is -0.697. The van der Waals surface area contributed by atoms with E-state index in [9.17, 15) is 8.78 Å². The number of hydrogen-bond acceptors (Lipinski definition) is 3. The van der Waals surface area contributed by atoms with Gasteiger partial charge in [-0.3, -0.25) is 0 Å². The van der Waals surface area contributed by atoms with E-state index in [1.165, 1.54) is 64.4 Å². The molecule has 2 aromatic rings. The van der Waals surface area contributed by atoms with Gasteiger partial charge in [0.2, 0.25) is 0 Å². The summed E-state index contributed by atoms with van der Waals surface area (Å²) >= 11 is 0. The molecule has 2 aliphatic heterocycles. The Bertz CT molecular complexity index is 774. The first-order chi connectivity index (χ1) is 12.7. The van der Waals surface area contributed by atoms with Crippen LogP contribution < -0.4 is 4.74 Å². The third kappa shape index (κ3) is 3.11. The normalized spacial score (nSPS) is 23.7. The van der Waals surface area contributed by atoms with Crippen molar-refractivity contribution in [2.45, 2.75) is 44.7 Å². The molecular formula is C20H25F2N3O. The zero-order chi connectivity index (χ0) is 18.1. The van der Waals surface area contributed by atoms with Gasteiger partial charge in [0.15, 0.2) is 17.4 Å². The Morgan fingerprint density at radius 3 is 2.85 bits per heavy atom. The lowest BCUT2D eigenvalue weighted by atomic mass is 9.83. The molecule has 2 aliphatic rings. The molecule has 1 aromatic heterocycles.